The van der Waals surface area contributed by atoms with Gasteiger partial charge in [0.1, 0.15) is 0 Å². The smallest absolute Gasteiger partial charge is 0.206 e. The molecular formula is C12H14N4O4S2. The minimum absolute atomic E-state index is 0.0372. The molecule has 2 aromatic carbocycles. The quantitative estimate of drug-likeness (QED) is 0.411. The summed E-state index contributed by atoms with van der Waals surface area (Å²) in [5, 5.41) is 0. The number of hydrazine groups is 3. The monoisotopic (exact) mass is 342 g/mol. The van der Waals surface area contributed by atoms with Crippen LogP contribution in [-0.2, 0) is 20.0 Å². The molecule has 22 heavy (non-hydrogen) atoms. The largest absolute Gasteiger partial charge is 0.254 e. The molecule has 0 saturated heterocycles. The average Bonchev–Trinajstić information content (AvgIpc) is 2.53. The van der Waals surface area contributed by atoms with Gasteiger partial charge < -0.3 is 0 Å². The first-order valence-corrected chi connectivity index (χ1v) is 9.02. The molecule has 0 aliphatic carbocycles. The molecule has 0 bridgehead atoms. The number of sulfonamides is 2. The molecule has 0 aliphatic heterocycles. The molecule has 8 nitrogen and oxygen atoms in total. The molecular weight excluding hydrogens is 328 g/mol. The van der Waals surface area contributed by atoms with Gasteiger partial charge in [-0.05, 0) is 24.3 Å². The van der Waals surface area contributed by atoms with E-state index in [1.807, 2.05) is 9.66 Å². The van der Waals surface area contributed by atoms with E-state index in [1.165, 1.54) is 24.3 Å². The van der Waals surface area contributed by atoms with Crippen molar-refractivity contribution in [2.45, 2.75) is 9.79 Å². The highest BCUT2D eigenvalue weighted by atomic mass is 32.2. The SMILES string of the molecule is O=S(=O)(NNNNS(=O)(=O)c1ccccc1)c1ccccc1. The number of hydrogen-bond acceptors (Lipinski definition) is 6. The van der Waals surface area contributed by atoms with Gasteiger partial charge in [-0.1, -0.05) is 36.4 Å². The lowest BCUT2D eigenvalue weighted by Gasteiger charge is -2.11. The van der Waals surface area contributed by atoms with Crippen molar-refractivity contribution in [3.05, 3.63) is 60.7 Å². The van der Waals surface area contributed by atoms with Crippen molar-refractivity contribution in [2.75, 3.05) is 0 Å². The first-order valence-electron chi connectivity index (χ1n) is 6.05. The van der Waals surface area contributed by atoms with Crippen molar-refractivity contribution < 1.29 is 16.8 Å². The number of rotatable bonds is 7. The molecule has 0 atom stereocenters. The Hall–Kier alpha value is -1.82. The van der Waals surface area contributed by atoms with Gasteiger partial charge in [-0.3, -0.25) is 0 Å². The Morgan fingerprint density at radius 2 is 0.864 bits per heavy atom. The minimum Gasteiger partial charge on any atom is -0.206 e. The molecule has 0 fully saturated rings. The van der Waals surface area contributed by atoms with Crippen LogP contribution in [0.5, 0.6) is 0 Å². The van der Waals surface area contributed by atoms with Crippen molar-refractivity contribution in [2.24, 2.45) is 0 Å². The van der Waals surface area contributed by atoms with Crippen molar-refractivity contribution in [3.63, 3.8) is 0 Å². The van der Waals surface area contributed by atoms with Crippen LogP contribution in [0.1, 0.15) is 0 Å². The Balaban J connectivity index is 1.90. The molecule has 0 amide bonds. The first-order chi connectivity index (χ1) is 10.4. The van der Waals surface area contributed by atoms with E-state index in [4.69, 9.17) is 0 Å². The Morgan fingerprint density at radius 1 is 0.545 bits per heavy atom. The normalized spacial score (nSPS) is 12.2. The fraction of sp³-hybridized carbons (Fsp3) is 0. The summed E-state index contributed by atoms with van der Waals surface area (Å²) in [5.41, 5.74) is 4.14. The maximum absolute atomic E-state index is 11.8. The van der Waals surface area contributed by atoms with E-state index in [0.29, 0.717) is 0 Å². The highest BCUT2D eigenvalue weighted by molar-refractivity contribution is 7.89. The average molecular weight is 342 g/mol. The van der Waals surface area contributed by atoms with Crippen LogP contribution in [0.4, 0.5) is 0 Å². The second-order valence-corrected chi connectivity index (χ2v) is 7.45. The van der Waals surface area contributed by atoms with Crippen LogP contribution in [0.2, 0.25) is 0 Å². The van der Waals surface area contributed by atoms with Crippen LogP contribution in [0.25, 0.3) is 0 Å². The van der Waals surface area contributed by atoms with Crippen molar-refractivity contribution in [1.82, 2.24) is 20.7 Å². The fourth-order valence-corrected chi connectivity index (χ4v) is 3.14. The van der Waals surface area contributed by atoms with Gasteiger partial charge in [0.05, 0.1) is 9.79 Å². The predicted octanol–water partition coefficient (Wildman–Crippen LogP) is -0.132. The van der Waals surface area contributed by atoms with Crippen LogP contribution in [0.3, 0.4) is 0 Å². The Labute approximate surface area is 128 Å². The van der Waals surface area contributed by atoms with Gasteiger partial charge in [0.2, 0.25) is 0 Å². The van der Waals surface area contributed by atoms with Crippen LogP contribution in [0.15, 0.2) is 70.5 Å². The van der Waals surface area contributed by atoms with Gasteiger partial charge in [-0.15, -0.1) is 9.66 Å². The molecule has 0 unspecified atom stereocenters. The van der Waals surface area contributed by atoms with Gasteiger partial charge in [-0.25, -0.2) is 16.8 Å². The molecule has 0 aromatic heterocycles. The molecule has 2 aromatic rings. The zero-order valence-electron chi connectivity index (χ0n) is 11.2. The van der Waals surface area contributed by atoms with Crippen molar-refractivity contribution in [1.29, 1.82) is 0 Å². The summed E-state index contributed by atoms with van der Waals surface area (Å²) in [4.78, 5) is 4.04. The fourth-order valence-electron chi connectivity index (χ4n) is 1.50. The molecule has 10 heteroatoms. The molecule has 4 N–H and O–H groups in total. The third-order valence-corrected chi connectivity index (χ3v) is 5.07. The van der Waals surface area contributed by atoms with Gasteiger partial charge in [-0.2, -0.15) is 11.1 Å². The third-order valence-electron chi connectivity index (χ3n) is 2.54. The zero-order chi connectivity index (χ0) is 16.1. The summed E-state index contributed by atoms with van der Waals surface area (Å²) in [7, 11) is -7.60. The highest BCUT2D eigenvalue weighted by Gasteiger charge is 2.14. The highest BCUT2D eigenvalue weighted by Crippen LogP contribution is 2.06. The van der Waals surface area contributed by atoms with Crippen LogP contribution >= 0.6 is 0 Å². The lowest BCUT2D eigenvalue weighted by Crippen LogP contribution is -2.54. The minimum atomic E-state index is -3.80. The maximum Gasteiger partial charge on any atom is 0.254 e. The second kappa shape index (κ2) is 6.96. The second-order valence-electron chi connectivity index (χ2n) is 4.09. The summed E-state index contributed by atoms with van der Waals surface area (Å²) in [6.45, 7) is 0. The summed E-state index contributed by atoms with van der Waals surface area (Å²) >= 11 is 0. The first kappa shape index (κ1) is 16.5. The number of benzene rings is 2. The summed E-state index contributed by atoms with van der Waals surface area (Å²) < 4.78 is 47.3. The van der Waals surface area contributed by atoms with Crippen molar-refractivity contribution >= 4 is 20.0 Å². The van der Waals surface area contributed by atoms with Crippen LogP contribution in [0, 0.1) is 0 Å². The van der Waals surface area contributed by atoms with E-state index in [-0.39, 0.29) is 9.79 Å². The molecule has 0 heterocycles. The molecule has 0 radical (unpaired) electrons. The summed E-state index contributed by atoms with van der Waals surface area (Å²) in [6.07, 6.45) is 0. The molecule has 0 saturated carbocycles. The van der Waals surface area contributed by atoms with Gasteiger partial charge in [0.25, 0.3) is 20.0 Å². The van der Waals surface area contributed by atoms with E-state index in [1.54, 1.807) is 36.4 Å². The van der Waals surface area contributed by atoms with E-state index in [0.717, 1.165) is 0 Å². The van der Waals surface area contributed by atoms with Gasteiger partial charge >= 0.3 is 0 Å². The van der Waals surface area contributed by atoms with Crippen LogP contribution in [-0.4, -0.2) is 16.8 Å². The third kappa shape index (κ3) is 4.34. The molecule has 0 spiro atoms. The Morgan fingerprint density at radius 3 is 1.18 bits per heavy atom. The Kier molecular flexibility index (Phi) is 5.24. The maximum atomic E-state index is 11.8. The van der Waals surface area contributed by atoms with Crippen LogP contribution < -0.4 is 20.7 Å². The number of hydrogen-bond donors (Lipinski definition) is 4. The molecule has 118 valence electrons. The molecule has 0 aliphatic rings. The lowest BCUT2D eigenvalue weighted by molar-refractivity contribution is 0.459. The lowest BCUT2D eigenvalue weighted by atomic mass is 10.4. The van der Waals surface area contributed by atoms with E-state index in [9.17, 15) is 16.8 Å². The Bertz CT molecular complexity index is 737. The summed E-state index contributed by atoms with van der Waals surface area (Å²) in [5.74, 6) is 0. The summed E-state index contributed by atoms with van der Waals surface area (Å²) in [6, 6.07) is 15.2. The number of nitrogens with one attached hydrogen (secondary N) is 4. The van der Waals surface area contributed by atoms with E-state index >= 15 is 0 Å². The van der Waals surface area contributed by atoms with E-state index in [2.05, 4.69) is 11.1 Å². The molecule has 2 rings (SSSR count). The topological polar surface area (TPSA) is 116 Å². The zero-order valence-corrected chi connectivity index (χ0v) is 12.9. The standard InChI is InChI=1S/C12H14N4O4S2/c17-21(18,11-7-3-1-4-8-11)15-13-14-16-22(19,20)12-9-5-2-6-10-12/h1-10,13-16H. The predicted molar refractivity (Wildman–Crippen MR) is 79.8 cm³/mol. The van der Waals surface area contributed by atoms with E-state index < -0.39 is 20.0 Å². The van der Waals surface area contributed by atoms with Gasteiger partial charge in [0, 0.05) is 0 Å². The van der Waals surface area contributed by atoms with Gasteiger partial charge in [0.15, 0.2) is 0 Å². The van der Waals surface area contributed by atoms with Crippen molar-refractivity contribution in [3.8, 4) is 0 Å².